The van der Waals surface area contributed by atoms with Crippen LogP contribution in [0.1, 0.15) is 15.9 Å². The van der Waals surface area contributed by atoms with Crippen molar-refractivity contribution in [3.8, 4) is 11.3 Å². The first-order chi connectivity index (χ1) is 10.7. The van der Waals surface area contributed by atoms with Crippen LogP contribution in [-0.4, -0.2) is 15.5 Å². The molecule has 3 aromatic rings. The van der Waals surface area contributed by atoms with Crippen molar-refractivity contribution in [3.63, 3.8) is 0 Å². The fourth-order valence-electron chi connectivity index (χ4n) is 2.36. The summed E-state index contributed by atoms with van der Waals surface area (Å²) in [5.74, 6) is -0.543. The zero-order chi connectivity index (χ0) is 15.5. The molecule has 0 amide bonds. The Morgan fingerprint density at radius 1 is 1.05 bits per heavy atom. The summed E-state index contributed by atoms with van der Waals surface area (Å²) in [6.07, 6.45) is 1.48. The molecule has 1 heterocycles. The third-order valence-corrected chi connectivity index (χ3v) is 3.44. The molecule has 0 saturated heterocycles. The number of aromatic nitrogens is 2. The lowest BCUT2D eigenvalue weighted by molar-refractivity contribution is 0.0956. The van der Waals surface area contributed by atoms with Gasteiger partial charge in [0.1, 0.15) is 6.67 Å². The zero-order valence-electron chi connectivity index (χ0n) is 11.6. The maximum absolute atomic E-state index is 13.1. The number of nitrogens with one attached hydrogen (secondary N) is 1. The van der Waals surface area contributed by atoms with Gasteiger partial charge in [-0.2, -0.15) is 0 Å². The number of hydrogen-bond donors (Lipinski definition) is 1. The van der Waals surface area contributed by atoms with Crippen LogP contribution in [0.5, 0.6) is 0 Å². The van der Waals surface area contributed by atoms with Gasteiger partial charge in [-0.25, -0.2) is 13.8 Å². The Labute approximate surface area is 125 Å². The van der Waals surface area contributed by atoms with Crippen molar-refractivity contribution in [2.45, 2.75) is 6.67 Å². The molecule has 0 spiro atoms. The molecule has 0 saturated carbocycles. The molecule has 0 unspecified atom stereocenters. The molecular weight excluding hydrogens is 283 g/mol. The minimum Gasteiger partial charge on any atom is -0.312 e. The van der Waals surface area contributed by atoms with E-state index in [0.717, 1.165) is 10.1 Å². The van der Waals surface area contributed by atoms with Crippen molar-refractivity contribution in [3.05, 3.63) is 82.4 Å². The Morgan fingerprint density at radius 2 is 1.73 bits per heavy atom. The van der Waals surface area contributed by atoms with E-state index in [1.54, 1.807) is 24.3 Å². The Morgan fingerprint density at radius 3 is 2.45 bits per heavy atom. The summed E-state index contributed by atoms with van der Waals surface area (Å²) in [4.78, 5) is 27.2. The van der Waals surface area contributed by atoms with E-state index in [2.05, 4.69) is 4.98 Å². The van der Waals surface area contributed by atoms with Gasteiger partial charge in [0, 0.05) is 17.3 Å². The number of alkyl halides is 1. The topological polar surface area (TPSA) is 54.9 Å². The largest absolute Gasteiger partial charge is 0.333 e. The number of H-pyrrole nitrogens is 1. The molecule has 0 bridgehead atoms. The second-order valence-electron chi connectivity index (χ2n) is 4.78. The highest BCUT2D eigenvalue weighted by Gasteiger charge is 2.19. The summed E-state index contributed by atoms with van der Waals surface area (Å²) in [5, 5.41) is 0. The van der Waals surface area contributed by atoms with Crippen molar-refractivity contribution in [1.82, 2.24) is 9.55 Å². The van der Waals surface area contributed by atoms with E-state index >= 15 is 0 Å². The summed E-state index contributed by atoms with van der Waals surface area (Å²) in [6, 6.07) is 15.4. The van der Waals surface area contributed by atoms with Crippen LogP contribution < -0.4 is 5.69 Å². The second kappa shape index (κ2) is 5.81. The van der Waals surface area contributed by atoms with Crippen LogP contribution in [0.2, 0.25) is 0 Å². The van der Waals surface area contributed by atoms with Crippen LogP contribution in [0, 0.1) is 0 Å². The fraction of sp³-hybridized carbons (Fsp3) is 0.0588. The van der Waals surface area contributed by atoms with Crippen LogP contribution in [0.15, 0.2) is 65.6 Å². The number of nitrogens with zero attached hydrogens (tertiary/aromatic N) is 1. The van der Waals surface area contributed by atoms with Gasteiger partial charge in [-0.1, -0.05) is 48.5 Å². The van der Waals surface area contributed by atoms with E-state index < -0.39 is 18.3 Å². The van der Waals surface area contributed by atoms with Gasteiger partial charge in [-0.15, -0.1) is 0 Å². The third-order valence-electron chi connectivity index (χ3n) is 3.44. The Bertz CT molecular complexity index is 866. The highest BCUT2D eigenvalue weighted by molar-refractivity contribution is 5.99. The number of rotatable bonds is 3. The van der Waals surface area contributed by atoms with Gasteiger partial charge in [0.05, 0.1) is 5.69 Å². The monoisotopic (exact) mass is 296 g/mol. The molecule has 1 N–H and O–H groups in total. The molecule has 0 fully saturated rings. The smallest absolute Gasteiger partial charge is 0.312 e. The van der Waals surface area contributed by atoms with Gasteiger partial charge in [0.25, 0.3) is 5.91 Å². The fourth-order valence-corrected chi connectivity index (χ4v) is 2.36. The lowest BCUT2D eigenvalue weighted by Gasteiger charge is -2.08. The number of imidazole rings is 1. The Kier molecular flexibility index (Phi) is 3.70. The summed E-state index contributed by atoms with van der Waals surface area (Å²) >= 11 is 0. The SMILES string of the molecule is O=C(c1ccccc1CF)n1c(-c2ccccc2)c[nH]c1=O. The summed E-state index contributed by atoms with van der Waals surface area (Å²) in [7, 11) is 0. The summed E-state index contributed by atoms with van der Waals surface area (Å²) < 4.78 is 14.1. The van der Waals surface area contributed by atoms with E-state index in [4.69, 9.17) is 0 Å². The minimum absolute atomic E-state index is 0.184. The predicted molar refractivity (Wildman–Crippen MR) is 81.5 cm³/mol. The molecule has 110 valence electrons. The van der Waals surface area contributed by atoms with E-state index in [0.29, 0.717) is 5.69 Å². The molecule has 0 atom stereocenters. The highest BCUT2D eigenvalue weighted by atomic mass is 19.1. The normalized spacial score (nSPS) is 10.6. The molecule has 0 radical (unpaired) electrons. The third kappa shape index (κ3) is 2.37. The molecule has 0 aliphatic rings. The average molecular weight is 296 g/mol. The number of benzene rings is 2. The minimum atomic E-state index is -0.762. The molecule has 0 aliphatic carbocycles. The maximum atomic E-state index is 13.1. The average Bonchev–Trinajstić information content (AvgIpc) is 2.96. The van der Waals surface area contributed by atoms with Gasteiger partial charge >= 0.3 is 5.69 Å². The number of carbonyl (C=O) groups is 1. The van der Waals surface area contributed by atoms with Gasteiger partial charge in [-0.05, 0) is 11.6 Å². The maximum Gasteiger partial charge on any atom is 0.333 e. The van der Waals surface area contributed by atoms with Gasteiger partial charge in [-0.3, -0.25) is 4.79 Å². The van der Waals surface area contributed by atoms with Crippen molar-refractivity contribution in [2.75, 3.05) is 0 Å². The van der Waals surface area contributed by atoms with E-state index in [1.807, 2.05) is 18.2 Å². The van der Waals surface area contributed by atoms with Gasteiger partial charge in [0.15, 0.2) is 0 Å². The summed E-state index contributed by atoms with van der Waals surface area (Å²) in [5.41, 5.74) is 1.08. The van der Waals surface area contributed by atoms with Gasteiger partial charge in [0.2, 0.25) is 0 Å². The van der Waals surface area contributed by atoms with Gasteiger partial charge < -0.3 is 4.98 Å². The lowest BCUT2D eigenvalue weighted by Crippen LogP contribution is -2.26. The zero-order valence-corrected chi connectivity index (χ0v) is 11.6. The van der Waals surface area contributed by atoms with Crippen LogP contribution in [0.25, 0.3) is 11.3 Å². The molecule has 1 aromatic heterocycles. The standard InChI is InChI=1S/C17H13FN2O2/c18-10-13-8-4-5-9-14(13)16(21)20-15(11-19-17(20)22)12-6-2-1-3-7-12/h1-9,11H,10H2,(H,19,22). The van der Waals surface area contributed by atoms with Crippen LogP contribution in [0.3, 0.4) is 0 Å². The molecule has 0 aliphatic heterocycles. The molecule has 3 rings (SSSR count). The van der Waals surface area contributed by atoms with Crippen molar-refractivity contribution >= 4 is 5.91 Å². The highest BCUT2D eigenvalue weighted by Crippen LogP contribution is 2.19. The number of halogens is 1. The van der Waals surface area contributed by atoms with E-state index in [-0.39, 0.29) is 11.1 Å². The molecule has 5 heteroatoms. The molecular formula is C17H13FN2O2. The van der Waals surface area contributed by atoms with Crippen LogP contribution in [-0.2, 0) is 6.67 Å². The predicted octanol–water partition coefficient (Wildman–Crippen LogP) is 3.00. The Hall–Kier alpha value is -2.95. The first-order valence-electron chi connectivity index (χ1n) is 6.77. The van der Waals surface area contributed by atoms with Crippen molar-refractivity contribution in [2.24, 2.45) is 0 Å². The quantitative estimate of drug-likeness (QED) is 0.807. The van der Waals surface area contributed by atoms with Crippen LogP contribution >= 0.6 is 0 Å². The van der Waals surface area contributed by atoms with Crippen molar-refractivity contribution < 1.29 is 9.18 Å². The molecule has 22 heavy (non-hydrogen) atoms. The van der Waals surface area contributed by atoms with Crippen molar-refractivity contribution in [1.29, 1.82) is 0 Å². The second-order valence-corrected chi connectivity index (χ2v) is 4.78. The first kappa shape index (κ1) is 14.0. The number of hydrogen-bond acceptors (Lipinski definition) is 2. The number of carbonyl (C=O) groups excluding carboxylic acids is 1. The van der Waals surface area contributed by atoms with E-state index in [9.17, 15) is 14.0 Å². The Balaban J connectivity index is 2.15. The van der Waals surface area contributed by atoms with E-state index in [1.165, 1.54) is 18.3 Å². The lowest BCUT2D eigenvalue weighted by atomic mass is 10.1. The first-order valence-corrected chi connectivity index (χ1v) is 6.77. The summed E-state index contributed by atoms with van der Waals surface area (Å²) in [6.45, 7) is -0.762. The number of aromatic amines is 1. The molecule has 2 aromatic carbocycles. The van der Waals surface area contributed by atoms with Crippen LogP contribution in [0.4, 0.5) is 4.39 Å². The molecule has 4 nitrogen and oxygen atoms in total.